The zero-order valence-corrected chi connectivity index (χ0v) is 13.6. The highest BCUT2D eigenvalue weighted by molar-refractivity contribution is 5.86. The van der Waals surface area contributed by atoms with Crippen LogP contribution in [0.5, 0.6) is 0 Å². The maximum atomic E-state index is 11.7. The lowest BCUT2D eigenvalue weighted by atomic mass is 10.3. The van der Waals surface area contributed by atoms with Gasteiger partial charge in [-0.2, -0.15) is 0 Å². The molecule has 8 heteroatoms. The van der Waals surface area contributed by atoms with Crippen molar-refractivity contribution in [1.29, 1.82) is 0 Å². The Labute approximate surface area is 129 Å². The molecule has 0 aromatic carbocycles. The molecule has 0 aliphatic heterocycles. The van der Waals surface area contributed by atoms with Crippen molar-refractivity contribution >= 4 is 23.7 Å². The maximum absolute atomic E-state index is 11.7. The van der Waals surface area contributed by atoms with Crippen LogP contribution in [0.1, 0.15) is 34.6 Å². The Bertz CT molecular complexity index is 431. The molecule has 0 radical (unpaired) electrons. The minimum Gasteiger partial charge on any atom is -0.452 e. The Morgan fingerprint density at radius 3 is 1.27 bits per heavy atom. The summed E-state index contributed by atoms with van der Waals surface area (Å²) in [5.74, 6) is -2.83. The number of carbonyl (C=O) groups is 4. The highest BCUT2D eigenvalue weighted by Crippen LogP contribution is 2.05. The molecule has 0 aliphatic carbocycles. The van der Waals surface area contributed by atoms with Crippen LogP contribution in [0, 0.1) is 0 Å². The number of esters is 3. The fourth-order valence-corrected chi connectivity index (χ4v) is 1.09. The Morgan fingerprint density at radius 1 is 0.636 bits per heavy atom. The second-order valence-electron chi connectivity index (χ2n) is 4.73. The molecule has 22 heavy (non-hydrogen) atoms. The van der Waals surface area contributed by atoms with E-state index in [2.05, 4.69) is 0 Å². The topological polar surface area (TPSA) is 105 Å². The molecule has 0 bridgehead atoms. The number of Topliss-reactive ketones (excluding diaryl/α,β-unsaturated/α-hetero) is 1. The molecule has 126 valence electrons. The number of hydrogen-bond acceptors (Lipinski definition) is 8. The van der Waals surface area contributed by atoms with Crippen molar-refractivity contribution in [2.24, 2.45) is 0 Å². The third-order valence-electron chi connectivity index (χ3n) is 2.80. The van der Waals surface area contributed by atoms with Crippen molar-refractivity contribution in [3.8, 4) is 0 Å². The summed E-state index contributed by atoms with van der Waals surface area (Å²) in [5, 5.41) is 0. The van der Waals surface area contributed by atoms with E-state index in [0.717, 1.165) is 0 Å². The van der Waals surface area contributed by atoms with E-state index in [1.165, 1.54) is 41.7 Å². The van der Waals surface area contributed by atoms with Gasteiger partial charge in [0, 0.05) is 7.11 Å². The van der Waals surface area contributed by atoms with Gasteiger partial charge in [0.15, 0.2) is 30.2 Å². The Kier molecular flexibility index (Phi) is 8.32. The summed E-state index contributed by atoms with van der Waals surface area (Å²) in [4.78, 5) is 45.8. The Hall–Kier alpha value is -1.96. The standard InChI is InChI=1S/C14H22O8/c1-7(15)8(2)20-13(17)10(4)22-14(18)11(5)21-12(16)9(3)19-6/h8-11H,1-6H3/t8-,9-,10-,11-/m0/s1. The van der Waals surface area contributed by atoms with Crippen LogP contribution in [0.2, 0.25) is 0 Å². The second-order valence-corrected chi connectivity index (χ2v) is 4.73. The lowest BCUT2D eigenvalue weighted by Gasteiger charge is -2.18. The summed E-state index contributed by atoms with van der Waals surface area (Å²) < 4.78 is 19.2. The van der Waals surface area contributed by atoms with Crippen LogP contribution < -0.4 is 0 Å². The molecule has 8 nitrogen and oxygen atoms in total. The van der Waals surface area contributed by atoms with Crippen LogP contribution >= 0.6 is 0 Å². The molecule has 0 aliphatic rings. The number of rotatable bonds is 8. The molecule has 0 fully saturated rings. The molecule has 0 N–H and O–H groups in total. The van der Waals surface area contributed by atoms with E-state index >= 15 is 0 Å². The van der Waals surface area contributed by atoms with Gasteiger partial charge in [0.25, 0.3) is 0 Å². The minimum absolute atomic E-state index is 0.331. The predicted octanol–water partition coefficient (Wildman–Crippen LogP) is 0.405. The third-order valence-corrected chi connectivity index (χ3v) is 2.80. The van der Waals surface area contributed by atoms with E-state index in [1.807, 2.05) is 0 Å². The van der Waals surface area contributed by atoms with Gasteiger partial charge in [-0.05, 0) is 34.6 Å². The number of ketones is 1. The lowest BCUT2D eigenvalue weighted by molar-refractivity contribution is -0.181. The van der Waals surface area contributed by atoms with Crippen molar-refractivity contribution in [2.45, 2.75) is 59.0 Å². The van der Waals surface area contributed by atoms with Gasteiger partial charge in [0.2, 0.25) is 0 Å². The van der Waals surface area contributed by atoms with Gasteiger partial charge < -0.3 is 18.9 Å². The van der Waals surface area contributed by atoms with Crippen LogP contribution in [-0.4, -0.2) is 55.2 Å². The number of carbonyl (C=O) groups excluding carboxylic acids is 4. The zero-order chi connectivity index (χ0) is 17.4. The first-order valence-electron chi connectivity index (χ1n) is 6.74. The summed E-state index contributed by atoms with van der Waals surface area (Å²) in [5.41, 5.74) is 0. The Morgan fingerprint density at radius 2 is 0.955 bits per heavy atom. The minimum atomic E-state index is -1.23. The van der Waals surface area contributed by atoms with E-state index in [9.17, 15) is 19.2 Å². The van der Waals surface area contributed by atoms with Gasteiger partial charge in [0.1, 0.15) is 0 Å². The second kappa shape index (κ2) is 9.14. The van der Waals surface area contributed by atoms with Crippen LogP contribution in [0.25, 0.3) is 0 Å². The fraction of sp³-hybridized carbons (Fsp3) is 0.714. The average Bonchev–Trinajstić information content (AvgIpc) is 2.45. The average molecular weight is 318 g/mol. The van der Waals surface area contributed by atoms with Gasteiger partial charge in [-0.25, -0.2) is 14.4 Å². The monoisotopic (exact) mass is 318 g/mol. The van der Waals surface area contributed by atoms with E-state index < -0.39 is 42.3 Å². The summed E-state index contributed by atoms with van der Waals surface area (Å²) in [7, 11) is 1.32. The van der Waals surface area contributed by atoms with E-state index in [1.54, 1.807) is 0 Å². The molecule has 0 amide bonds. The first kappa shape index (κ1) is 20.0. The molecular formula is C14H22O8. The number of ether oxygens (including phenoxy) is 4. The first-order valence-corrected chi connectivity index (χ1v) is 6.74. The smallest absolute Gasteiger partial charge is 0.347 e. The zero-order valence-electron chi connectivity index (χ0n) is 13.6. The van der Waals surface area contributed by atoms with Crippen molar-refractivity contribution in [2.75, 3.05) is 7.11 Å². The normalized spacial score (nSPS) is 15.9. The molecule has 0 aromatic rings. The molecule has 0 aromatic heterocycles. The summed E-state index contributed by atoms with van der Waals surface area (Å²) >= 11 is 0. The maximum Gasteiger partial charge on any atom is 0.347 e. The van der Waals surface area contributed by atoms with Crippen molar-refractivity contribution < 1.29 is 38.1 Å². The fourth-order valence-electron chi connectivity index (χ4n) is 1.09. The molecular weight excluding hydrogens is 296 g/mol. The Balaban J connectivity index is 4.42. The van der Waals surface area contributed by atoms with Crippen molar-refractivity contribution in [1.82, 2.24) is 0 Å². The van der Waals surface area contributed by atoms with Crippen molar-refractivity contribution in [3.05, 3.63) is 0 Å². The summed E-state index contributed by atoms with van der Waals surface area (Å²) in [6, 6.07) is 0. The molecule has 0 heterocycles. The van der Waals surface area contributed by atoms with Crippen LogP contribution in [0.4, 0.5) is 0 Å². The lowest BCUT2D eigenvalue weighted by Crippen LogP contribution is -2.36. The van der Waals surface area contributed by atoms with E-state index in [4.69, 9.17) is 18.9 Å². The quantitative estimate of drug-likeness (QED) is 0.468. The molecule has 0 saturated heterocycles. The highest BCUT2D eigenvalue weighted by atomic mass is 16.6. The molecule has 4 atom stereocenters. The largest absolute Gasteiger partial charge is 0.452 e. The van der Waals surface area contributed by atoms with Crippen LogP contribution in [0.15, 0.2) is 0 Å². The molecule has 0 rings (SSSR count). The van der Waals surface area contributed by atoms with Crippen LogP contribution in [0.3, 0.4) is 0 Å². The van der Waals surface area contributed by atoms with Crippen molar-refractivity contribution in [3.63, 3.8) is 0 Å². The molecule has 0 saturated carbocycles. The SMILES string of the molecule is CO[C@@H](C)C(=O)O[C@@H](C)C(=O)O[C@@H](C)C(=O)O[C@@H](C)C(C)=O. The van der Waals surface area contributed by atoms with Gasteiger partial charge >= 0.3 is 17.9 Å². The van der Waals surface area contributed by atoms with E-state index in [-0.39, 0.29) is 5.78 Å². The summed E-state index contributed by atoms with van der Waals surface area (Å²) in [6.07, 6.45) is -4.18. The molecule has 0 unspecified atom stereocenters. The number of methoxy groups -OCH3 is 1. The van der Waals surface area contributed by atoms with Crippen LogP contribution in [-0.2, 0) is 38.1 Å². The van der Waals surface area contributed by atoms with Gasteiger partial charge in [0.05, 0.1) is 0 Å². The van der Waals surface area contributed by atoms with E-state index in [0.29, 0.717) is 0 Å². The molecule has 0 spiro atoms. The highest BCUT2D eigenvalue weighted by Gasteiger charge is 2.28. The summed E-state index contributed by atoms with van der Waals surface area (Å²) in [6.45, 7) is 6.74. The first-order chi connectivity index (χ1) is 10.1. The van der Waals surface area contributed by atoms with Gasteiger partial charge in [-0.1, -0.05) is 0 Å². The predicted molar refractivity (Wildman–Crippen MR) is 73.8 cm³/mol. The third kappa shape index (κ3) is 6.66. The number of hydrogen-bond donors (Lipinski definition) is 0. The van der Waals surface area contributed by atoms with Gasteiger partial charge in [-0.15, -0.1) is 0 Å². The van der Waals surface area contributed by atoms with Gasteiger partial charge in [-0.3, -0.25) is 4.79 Å².